The van der Waals surface area contributed by atoms with Crippen molar-refractivity contribution in [1.29, 1.82) is 0 Å². The van der Waals surface area contributed by atoms with Crippen LogP contribution in [0.25, 0.3) is 5.82 Å². The highest BCUT2D eigenvalue weighted by atomic mass is 32.2. The van der Waals surface area contributed by atoms with Crippen molar-refractivity contribution in [2.75, 3.05) is 6.54 Å². The van der Waals surface area contributed by atoms with Crippen molar-refractivity contribution in [1.82, 2.24) is 19.1 Å². The molecule has 0 radical (unpaired) electrons. The molecule has 2 aromatic heterocycles. The monoisotopic (exact) mass is 350 g/mol. The Morgan fingerprint density at radius 3 is 2.75 bits per heavy atom. The van der Waals surface area contributed by atoms with Crippen LogP contribution < -0.4 is 0 Å². The first-order chi connectivity index (χ1) is 11.3. The Hall–Kier alpha value is -2.26. The summed E-state index contributed by atoms with van der Waals surface area (Å²) in [7, 11) is -3.97. The van der Waals surface area contributed by atoms with Gasteiger partial charge in [0.1, 0.15) is 10.4 Å². The lowest BCUT2D eigenvalue weighted by atomic mass is 10.0. The van der Waals surface area contributed by atoms with Crippen molar-refractivity contribution < 1.29 is 18.3 Å². The lowest BCUT2D eigenvalue weighted by molar-refractivity contribution is -0.146. The molecule has 0 bridgehead atoms. The average Bonchev–Trinajstić information content (AvgIpc) is 3.13. The number of nitrogens with zero attached hydrogens (tertiary/aromatic N) is 4. The Morgan fingerprint density at radius 1 is 1.38 bits per heavy atom. The quantitative estimate of drug-likeness (QED) is 0.888. The van der Waals surface area contributed by atoms with Gasteiger partial charge in [-0.25, -0.2) is 18.1 Å². The maximum atomic E-state index is 13.0. The number of carboxylic acid groups (broad SMARTS) is 1. The Morgan fingerprint density at radius 2 is 2.12 bits per heavy atom. The van der Waals surface area contributed by atoms with Crippen LogP contribution in [0.15, 0.2) is 35.5 Å². The fraction of sp³-hybridized carbons (Fsp3) is 0.400. The largest absolute Gasteiger partial charge is 0.480 e. The van der Waals surface area contributed by atoms with E-state index in [4.69, 9.17) is 0 Å². The molecule has 2 aromatic rings. The highest BCUT2D eigenvalue weighted by molar-refractivity contribution is 7.89. The summed E-state index contributed by atoms with van der Waals surface area (Å²) in [6.07, 6.45) is 3.64. The number of carbonyl (C=O) groups is 1. The van der Waals surface area contributed by atoms with Gasteiger partial charge in [0.25, 0.3) is 0 Å². The fourth-order valence-corrected chi connectivity index (χ4v) is 4.96. The van der Waals surface area contributed by atoms with Gasteiger partial charge in [-0.15, -0.1) is 0 Å². The molecule has 0 saturated carbocycles. The average molecular weight is 350 g/mol. The van der Waals surface area contributed by atoms with Crippen molar-refractivity contribution in [2.45, 2.75) is 37.1 Å². The Kier molecular flexibility index (Phi) is 3.92. The van der Waals surface area contributed by atoms with Crippen LogP contribution in [0, 0.1) is 6.92 Å². The number of hydrogen-bond donors (Lipinski definition) is 1. The molecule has 1 fully saturated rings. The molecule has 3 rings (SSSR count). The minimum atomic E-state index is -3.97. The lowest BCUT2D eigenvalue weighted by Gasteiger charge is -2.29. The molecular weight excluding hydrogens is 332 g/mol. The molecule has 1 saturated heterocycles. The molecule has 0 spiro atoms. The van der Waals surface area contributed by atoms with Crippen LogP contribution in [0.4, 0.5) is 0 Å². The summed E-state index contributed by atoms with van der Waals surface area (Å²) in [4.78, 5) is 15.7. The summed E-state index contributed by atoms with van der Waals surface area (Å²) in [6, 6.07) is 5.25. The first-order valence-corrected chi connectivity index (χ1v) is 8.95. The van der Waals surface area contributed by atoms with Crippen LogP contribution in [-0.4, -0.2) is 50.6 Å². The van der Waals surface area contributed by atoms with E-state index in [0.29, 0.717) is 17.9 Å². The van der Waals surface area contributed by atoms with E-state index in [-0.39, 0.29) is 17.9 Å². The third-order valence-electron chi connectivity index (χ3n) is 4.44. The number of aromatic nitrogens is 3. The van der Waals surface area contributed by atoms with E-state index < -0.39 is 21.5 Å². The first kappa shape index (κ1) is 16.6. The van der Waals surface area contributed by atoms with Crippen molar-refractivity contribution in [2.24, 2.45) is 0 Å². The third-order valence-corrected chi connectivity index (χ3v) is 6.56. The molecule has 0 aromatic carbocycles. The van der Waals surface area contributed by atoms with Crippen LogP contribution in [0.5, 0.6) is 0 Å². The summed E-state index contributed by atoms with van der Waals surface area (Å²) in [5, 5.41) is 13.6. The zero-order valence-corrected chi connectivity index (χ0v) is 14.2. The number of carboxylic acids is 1. The molecule has 1 aliphatic heterocycles. The van der Waals surface area contributed by atoms with E-state index in [2.05, 4.69) is 10.1 Å². The Labute approximate surface area is 139 Å². The van der Waals surface area contributed by atoms with Crippen molar-refractivity contribution >= 4 is 16.0 Å². The van der Waals surface area contributed by atoms with Gasteiger partial charge in [0.2, 0.25) is 10.0 Å². The van der Waals surface area contributed by atoms with Gasteiger partial charge in [-0.1, -0.05) is 6.07 Å². The number of pyridine rings is 1. The highest BCUT2D eigenvalue weighted by Crippen LogP contribution is 2.35. The normalized spacial score (nSPS) is 21.9. The second kappa shape index (κ2) is 5.67. The topological polar surface area (TPSA) is 105 Å². The molecule has 8 nitrogen and oxygen atoms in total. The van der Waals surface area contributed by atoms with E-state index >= 15 is 0 Å². The molecule has 1 atom stereocenters. The Balaban J connectivity index is 2.06. The predicted molar refractivity (Wildman–Crippen MR) is 85.3 cm³/mol. The summed E-state index contributed by atoms with van der Waals surface area (Å²) in [5.41, 5.74) is -1.04. The summed E-state index contributed by atoms with van der Waals surface area (Å²) >= 11 is 0. The van der Waals surface area contributed by atoms with Crippen molar-refractivity contribution in [3.05, 3.63) is 36.3 Å². The van der Waals surface area contributed by atoms with Gasteiger partial charge in [-0.3, -0.25) is 4.79 Å². The molecule has 128 valence electrons. The number of hydrogen-bond acceptors (Lipinski definition) is 5. The van der Waals surface area contributed by atoms with E-state index in [0.717, 1.165) is 4.31 Å². The number of aliphatic carboxylic acids is 1. The maximum Gasteiger partial charge on any atom is 0.324 e. The van der Waals surface area contributed by atoms with Gasteiger partial charge in [0.15, 0.2) is 5.82 Å². The summed E-state index contributed by atoms with van der Waals surface area (Å²) in [6.45, 7) is 3.25. The van der Waals surface area contributed by atoms with Gasteiger partial charge in [-0.2, -0.15) is 9.40 Å². The van der Waals surface area contributed by atoms with Gasteiger partial charge < -0.3 is 5.11 Å². The first-order valence-electron chi connectivity index (χ1n) is 7.51. The van der Waals surface area contributed by atoms with Crippen molar-refractivity contribution in [3.8, 4) is 5.82 Å². The minimum Gasteiger partial charge on any atom is -0.480 e. The third kappa shape index (κ3) is 2.40. The zero-order valence-electron chi connectivity index (χ0n) is 13.4. The second-order valence-corrected chi connectivity index (χ2v) is 7.78. The molecule has 24 heavy (non-hydrogen) atoms. The van der Waals surface area contributed by atoms with Crippen LogP contribution in [0.2, 0.25) is 0 Å². The lowest BCUT2D eigenvalue weighted by Crippen LogP contribution is -2.50. The van der Waals surface area contributed by atoms with E-state index in [1.807, 2.05) is 0 Å². The zero-order chi connectivity index (χ0) is 17.5. The summed E-state index contributed by atoms with van der Waals surface area (Å²) < 4.78 is 28.5. The molecule has 3 heterocycles. The number of sulfonamides is 1. The Bertz CT molecular complexity index is 878. The number of rotatable bonds is 4. The molecule has 1 aliphatic rings. The maximum absolute atomic E-state index is 13.0. The van der Waals surface area contributed by atoms with E-state index in [9.17, 15) is 18.3 Å². The van der Waals surface area contributed by atoms with Crippen LogP contribution in [-0.2, 0) is 14.8 Å². The fourth-order valence-electron chi connectivity index (χ4n) is 3.01. The summed E-state index contributed by atoms with van der Waals surface area (Å²) in [5.74, 6) is -0.641. The van der Waals surface area contributed by atoms with Gasteiger partial charge >= 0.3 is 5.97 Å². The highest BCUT2D eigenvalue weighted by Gasteiger charge is 2.50. The van der Waals surface area contributed by atoms with E-state index in [1.54, 1.807) is 31.3 Å². The molecule has 0 amide bonds. The molecular formula is C15H18N4O4S. The molecule has 0 unspecified atom stereocenters. The smallest absolute Gasteiger partial charge is 0.324 e. The van der Waals surface area contributed by atoms with Gasteiger partial charge in [-0.05, 0) is 38.8 Å². The second-order valence-electron chi connectivity index (χ2n) is 5.95. The van der Waals surface area contributed by atoms with Gasteiger partial charge in [0, 0.05) is 12.7 Å². The van der Waals surface area contributed by atoms with Crippen molar-refractivity contribution in [3.63, 3.8) is 0 Å². The van der Waals surface area contributed by atoms with E-state index in [1.165, 1.54) is 17.8 Å². The standard InChI is InChI=1S/C15H18N4O4S/c1-11-12(10-17-19(11)13-6-3-4-8-16-13)24(22,23)18-9-5-7-15(18,2)14(20)21/h3-4,6,8,10H,5,7,9H2,1-2H3,(H,20,21)/t15-/m0/s1. The molecule has 9 heteroatoms. The molecule has 0 aliphatic carbocycles. The SMILES string of the molecule is Cc1c(S(=O)(=O)N2CCC[C@@]2(C)C(=O)O)cnn1-c1ccccn1. The van der Waals surface area contributed by atoms with Gasteiger partial charge in [0.05, 0.1) is 11.9 Å². The van der Waals surface area contributed by atoms with Crippen LogP contribution in [0.3, 0.4) is 0 Å². The molecule has 1 N–H and O–H groups in total. The minimum absolute atomic E-state index is 0.00234. The predicted octanol–water partition coefficient (Wildman–Crippen LogP) is 1.20. The van der Waals surface area contributed by atoms with Crippen LogP contribution in [0.1, 0.15) is 25.5 Å². The van der Waals surface area contributed by atoms with Crippen LogP contribution >= 0.6 is 0 Å².